The SMILES string of the molecule is CCCCCCCC(=O)NC(C)C(=O)OCCCCCC. The molecule has 0 spiro atoms. The van der Waals surface area contributed by atoms with Crippen LogP contribution < -0.4 is 5.32 Å². The van der Waals surface area contributed by atoms with Gasteiger partial charge < -0.3 is 10.1 Å². The van der Waals surface area contributed by atoms with Crippen LogP contribution in [-0.2, 0) is 14.3 Å². The highest BCUT2D eigenvalue weighted by Crippen LogP contribution is 2.05. The third kappa shape index (κ3) is 12.4. The van der Waals surface area contributed by atoms with Gasteiger partial charge in [-0.1, -0.05) is 58.8 Å². The zero-order valence-corrected chi connectivity index (χ0v) is 14.1. The van der Waals surface area contributed by atoms with Crippen molar-refractivity contribution < 1.29 is 14.3 Å². The van der Waals surface area contributed by atoms with Gasteiger partial charge in [-0.3, -0.25) is 4.79 Å². The molecule has 4 heteroatoms. The molecule has 0 aliphatic carbocycles. The van der Waals surface area contributed by atoms with Crippen LogP contribution in [0.2, 0.25) is 0 Å². The van der Waals surface area contributed by atoms with E-state index in [4.69, 9.17) is 4.74 Å². The summed E-state index contributed by atoms with van der Waals surface area (Å²) in [5, 5.41) is 2.71. The smallest absolute Gasteiger partial charge is 0.328 e. The number of esters is 1. The highest BCUT2D eigenvalue weighted by Gasteiger charge is 2.16. The van der Waals surface area contributed by atoms with E-state index in [0.717, 1.165) is 25.7 Å². The van der Waals surface area contributed by atoms with Gasteiger partial charge in [-0.05, 0) is 19.8 Å². The minimum Gasteiger partial charge on any atom is -0.464 e. The van der Waals surface area contributed by atoms with Crippen molar-refractivity contribution in [3.63, 3.8) is 0 Å². The van der Waals surface area contributed by atoms with Crippen LogP contribution in [0.15, 0.2) is 0 Å². The molecule has 1 amide bonds. The van der Waals surface area contributed by atoms with Gasteiger partial charge in [0, 0.05) is 6.42 Å². The first-order chi connectivity index (χ1) is 10.1. The fraction of sp³-hybridized carbons (Fsp3) is 0.882. The van der Waals surface area contributed by atoms with Gasteiger partial charge in [-0.25, -0.2) is 4.79 Å². The largest absolute Gasteiger partial charge is 0.464 e. The predicted molar refractivity (Wildman–Crippen MR) is 86.1 cm³/mol. The van der Waals surface area contributed by atoms with E-state index in [1.54, 1.807) is 6.92 Å². The summed E-state index contributed by atoms with van der Waals surface area (Å²) in [6, 6.07) is -0.542. The number of nitrogens with one attached hydrogen (secondary N) is 1. The number of hydrogen-bond donors (Lipinski definition) is 1. The highest BCUT2D eigenvalue weighted by molar-refractivity contribution is 5.84. The van der Waals surface area contributed by atoms with Gasteiger partial charge in [0.25, 0.3) is 0 Å². The van der Waals surface area contributed by atoms with Crippen LogP contribution in [0.3, 0.4) is 0 Å². The molecular weight excluding hydrogens is 266 g/mol. The summed E-state index contributed by atoms with van der Waals surface area (Å²) >= 11 is 0. The summed E-state index contributed by atoms with van der Waals surface area (Å²) in [6.07, 6.45) is 10.4. The van der Waals surface area contributed by atoms with Gasteiger partial charge in [-0.2, -0.15) is 0 Å². The zero-order valence-electron chi connectivity index (χ0n) is 14.1. The van der Waals surface area contributed by atoms with Crippen molar-refractivity contribution in [2.45, 2.75) is 91.0 Å². The van der Waals surface area contributed by atoms with Crippen LogP contribution in [0.1, 0.15) is 85.0 Å². The summed E-state index contributed by atoms with van der Waals surface area (Å²) in [7, 11) is 0. The molecule has 1 unspecified atom stereocenters. The monoisotopic (exact) mass is 299 g/mol. The summed E-state index contributed by atoms with van der Waals surface area (Å²) in [4.78, 5) is 23.4. The molecule has 0 aliphatic rings. The second-order valence-corrected chi connectivity index (χ2v) is 5.68. The van der Waals surface area contributed by atoms with Crippen molar-refractivity contribution in [2.75, 3.05) is 6.61 Å². The Morgan fingerprint density at radius 3 is 2.10 bits per heavy atom. The molecule has 0 fully saturated rings. The molecule has 0 heterocycles. The lowest BCUT2D eigenvalue weighted by Crippen LogP contribution is -2.39. The fourth-order valence-corrected chi connectivity index (χ4v) is 2.09. The number of amides is 1. The summed E-state index contributed by atoms with van der Waals surface area (Å²) in [6.45, 7) is 6.45. The van der Waals surface area contributed by atoms with Gasteiger partial charge in [-0.15, -0.1) is 0 Å². The maximum atomic E-state index is 11.7. The molecule has 0 aromatic heterocycles. The van der Waals surface area contributed by atoms with Crippen molar-refractivity contribution in [3.05, 3.63) is 0 Å². The fourth-order valence-electron chi connectivity index (χ4n) is 2.09. The van der Waals surface area contributed by atoms with Crippen LogP contribution in [0.5, 0.6) is 0 Å². The van der Waals surface area contributed by atoms with Gasteiger partial charge in [0.15, 0.2) is 0 Å². The number of ether oxygens (including phenoxy) is 1. The van der Waals surface area contributed by atoms with Crippen LogP contribution in [-0.4, -0.2) is 24.5 Å². The quantitative estimate of drug-likeness (QED) is 0.413. The van der Waals surface area contributed by atoms with Crippen molar-refractivity contribution in [2.24, 2.45) is 0 Å². The number of carbonyl (C=O) groups excluding carboxylic acids is 2. The Morgan fingerprint density at radius 2 is 1.48 bits per heavy atom. The summed E-state index contributed by atoms with van der Waals surface area (Å²) < 4.78 is 5.16. The van der Waals surface area contributed by atoms with E-state index < -0.39 is 6.04 Å². The molecule has 124 valence electrons. The third-order valence-corrected chi connectivity index (χ3v) is 3.48. The molecule has 0 bridgehead atoms. The zero-order chi connectivity index (χ0) is 15.9. The average Bonchev–Trinajstić information content (AvgIpc) is 2.46. The molecule has 1 atom stereocenters. The molecule has 0 saturated carbocycles. The van der Waals surface area contributed by atoms with Crippen LogP contribution in [0.25, 0.3) is 0 Å². The molecule has 0 aromatic carbocycles. The van der Waals surface area contributed by atoms with Crippen molar-refractivity contribution >= 4 is 11.9 Å². The maximum absolute atomic E-state index is 11.7. The third-order valence-electron chi connectivity index (χ3n) is 3.48. The first-order valence-corrected chi connectivity index (χ1v) is 8.57. The summed E-state index contributed by atoms with van der Waals surface area (Å²) in [5.41, 5.74) is 0. The van der Waals surface area contributed by atoms with E-state index in [9.17, 15) is 9.59 Å². The van der Waals surface area contributed by atoms with Gasteiger partial charge >= 0.3 is 5.97 Å². The number of carbonyl (C=O) groups is 2. The molecule has 0 rings (SSSR count). The second-order valence-electron chi connectivity index (χ2n) is 5.68. The predicted octanol–water partition coefficient (Wildman–Crippen LogP) is 3.98. The molecule has 21 heavy (non-hydrogen) atoms. The minimum absolute atomic E-state index is 0.0538. The van der Waals surface area contributed by atoms with E-state index in [1.165, 1.54) is 32.1 Å². The lowest BCUT2D eigenvalue weighted by Gasteiger charge is -2.13. The molecule has 1 N–H and O–H groups in total. The average molecular weight is 299 g/mol. The van der Waals surface area contributed by atoms with E-state index in [1.807, 2.05) is 0 Å². The van der Waals surface area contributed by atoms with Gasteiger partial charge in [0.1, 0.15) is 6.04 Å². The molecule has 0 saturated heterocycles. The minimum atomic E-state index is -0.542. The van der Waals surface area contributed by atoms with E-state index in [0.29, 0.717) is 13.0 Å². The summed E-state index contributed by atoms with van der Waals surface area (Å²) in [5.74, 6) is -0.382. The Bertz CT molecular complexity index is 279. The van der Waals surface area contributed by atoms with Crippen LogP contribution in [0, 0.1) is 0 Å². The normalized spacial score (nSPS) is 12.0. The first kappa shape index (κ1) is 19.9. The molecule has 4 nitrogen and oxygen atoms in total. The molecular formula is C17H33NO3. The number of hydrogen-bond acceptors (Lipinski definition) is 3. The lowest BCUT2D eigenvalue weighted by atomic mass is 10.1. The molecule has 0 aliphatic heterocycles. The van der Waals surface area contributed by atoms with Gasteiger partial charge in [0.2, 0.25) is 5.91 Å². The number of unbranched alkanes of at least 4 members (excludes halogenated alkanes) is 7. The Kier molecular flexibility index (Phi) is 13.2. The van der Waals surface area contributed by atoms with Gasteiger partial charge in [0.05, 0.1) is 6.61 Å². The van der Waals surface area contributed by atoms with Crippen molar-refractivity contribution in [1.82, 2.24) is 5.32 Å². The van der Waals surface area contributed by atoms with Crippen LogP contribution >= 0.6 is 0 Å². The van der Waals surface area contributed by atoms with Crippen LogP contribution in [0.4, 0.5) is 0 Å². The Labute approximate surface area is 130 Å². The first-order valence-electron chi connectivity index (χ1n) is 8.57. The van der Waals surface area contributed by atoms with E-state index in [2.05, 4.69) is 19.2 Å². The number of rotatable bonds is 13. The second kappa shape index (κ2) is 13.9. The molecule has 0 aromatic rings. The van der Waals surface area contributed by atoms with E-state index >= 15 is 0 Å². The topological polar surface area (TPSA) is 55.4 Å². The maximum Gasteiger partial charge on any atom is 0.328 e. The highest BCUT2D eigenvalue weighted by atomic mass is 16.5. The standard InChI is InChI=1S/C17H33NO3/c1-4-6-8-10-11-13-16(19)18-15(3)17(20)21-14-12-9-7-5-2/h15H,4-14H2,1-3H3,(H,18,19). The van der Waals surface area contributed by atoms with Crippen molar-refractivity contribution in [3.8, 4) is 0 Å². The Morgan fingerprint density at radius 1 is 0.905 bits per heavy atom. The molecule has 0 radical (unpaired) electrons. The Hall–Kier alpha value is -1.06. The van der Waals surface area contributed by atoms with E-state index in [-0.39, 0.29) is 11.9 Å². The Balaban J connectivity index is 3.62. The van der Waals surface area contributed by atoms with Crippen molar-refractivity contribution in [1.29, 1.82) is 0 Å². The lowest BCUT2D eigenvalue weighted by molar-refractivity contribution is -0.147.